The maximum absolute atomic E-state index is 12.3. The first kappa shape index (κ1) is 14.4. The molecule has 1 amide bonds. The minimum absolute atomic E-state index is 0.0664. The van der Waals surface area contributed by atoms with Crippen LogP contribution in [0.5, 0.6) is 5.75 Å². The SMILES string of the molecule is CCC(NC(=O)CN)c1ccccc1OC(F)F. The van der Waals surface area contributed by atoms with Crippen LogP contribution in [0, 0.1) is 0 Å². The summed E-state index contributed by atoms with van der Waals surface area (Å²) in [7, 11) is 0. The molecule has 18 heavy (non-hydrogen) atoms. The molecule has 3 N–H and O–H groups in total. The largest absolute Gasteiger partial charge is 0.434 e. The van der Waals surface area contributed by atoms with Crippen LogP contribution in [0.2, 0.25) is 0 Å². The third-order valence-electron chi connectivity index (χ3n) is 2.44. The van der Waals surface area contributed by atoms with Gasteiger partial charge in [-0.3, -0.25) is 4.79 Å². The van der Waals surface area contributed by atoms with Crippen LogP contribution in [-0.4, -0.2) is 19.1 Å². The molecule has 0 radical (unpaired) electrons. The van der Waals surface area contributed by atoms with Crippen LogP contribution in [-0.2, 0) is 4.79 Å². The molecule has 1 aromatic rings. The Kier molecular flexibility index (Phi) is 5.51. The lowest BCUT2D eigenvalue weighted by molar-refractivity contribution is -0.120. The highest BCUT2D eigenvalue weighted by Crippen LogP contribution is 2.28. The molecule has 0 aliphatic heterocycles. The molecule has 0 aliphatic rings. The van der Waals surface area contributed by atoms with Gasteiger partial charge in [0.1, 0.15) is 5.75 Å². The van der Waals surface area contributed by atoms with Gasteiger partial charge in [0.2, 0.25) is 5.91 Å². The molecule has 1 aromatic carbocycles. The predicted molar refractivity (Wildman–Crippen MR) is 63.3 cm³/mol. The van der Waals surface area contributed by atoms with Gasteiger partial charge < -0.3 is 15.8 Å². The first-order valence-corrected chi connectivity index (χ1v) is 5.61. The van der Waals surface area contributed by atoms with Gasteiger partial charge in [0.05, 0.1) is 12.6 Å². The molecule has 1 unspecified atom stereocenters. The Morgan fingerprint density at radius 3 is 2.67 bits per heavy atom. The van der Waals surface area contributed by atoms with E-state index in [2.05, 4.69) is 10.1 Å². The number of rotatable bonds is 6. The van der Waals surface area contributed by atoms with Crippen molar-refractivity contribution in [1.82, 2.24) is 5.32 Å². The van der Waals surface area contributed by atoms with E-state index >= 15 is 0 Å². The highest BCUT2D eigenvalue weighted by atomic mass is 19.3. The normalized spacial score (nSPS) is 12.3. The molecule has 6 heteroatoms. The Bertz CT molecular complexity index is 399. The molecule has 100 valence electrons. The first-order chi connectivity index (χ1) is 8.58. The summed E-state index contributed by atoms with van der Waals surface area (Å²) in [5, 5.41) is 2.66. The number of benzene rings is 1. The third-order valence-corrected chi connectivity index (χ3v) is 2.44. The van der Waals surface area contributed by atoms with E-state index in [1.54, 1.807) is 18.2 Å². The average Bonchev–Trinajstić information content (AvgIpc) is 2.36. The molecular weight excluding hydrogens is 242 g/mol. The highest BCUT2D eigenvalue weighted by molar-refractivity contribution is 5.78. The van der Waals surface area contributed by atoms with E-state index in [-0.39, 0.29) is 18.2 Å². The fraction of sp³-hybridized carbons (Fsp3) is 0.417. The van der Waals surface area contributed by atoms with Gasteiger partial charge >= 0.3 is 6.61 Å². The van der Waals surface area contributed by atoms with E-state index in [0.29, 0.717) is 12.0 Å². The summed E-state index contributed by atoms with van der Waals surface area (Å²) in [5.41, 5.74) is 5.72. The van der Waals surface area contributed by atoms with Gasteiger partial charge in [-0.2, -0.15) is 8.78 Å². The lowest BCUT2D eigenvalue weighted by Crippen LogP contribution is -2.33. The van der Waals surface area contributed by atoms with Gasteiger partial charge in [-0.25, -0.2) is 0 Å². The van der Waals surface area contributed by atoms with E-state index in [1.165, 1.54) is 6.07 Å². The Hall–Kier alpha value is -1.69. The number of nitrogens with two attached hydrogens (primary N) is 1. The number of carbonyl (C=O) groups is 1. The molecule has 0 saturated carbocycles. The van der Waals surface area contributed by atoms with Gasteiger partial charge in [-0.05, 0) is 12.5 Å². The molecule has 0 aromatic heterocycles. The van der Waals surface area contributed by atoms with Crippen LogP contribution in [0.1, 0.15) is 24.9 Å². The van der Waals surface area contributed by atoms with Crippen molar-refractivity contribution in [2.24, 2.45) is 5.73 Å². The topological polar surface area (TPSA) is 64.4 Å². The second-order valence-corrected chi connectivity index (χ2v) is 3.65. The first-order valence-electron chi connectivity index (χ1n) is 5.61. The second kappa shape index (κ2) is 6.90. The number of para-hydroxylation sites is 1. The van der Waals surface area contributed by atoms with Crippen molar-refractivity contribution in [3.63, 3.8) is 0 Å². The molecule has 1 rings (SSSR count). The molecule has 0 aliphatic carbocycles. The molecule has 0 heterocycles. The van der Waals surface area contributed by atoms with E-state index in [0.717, 1.165) is 0 Å². The number of nitrogens with one attached hydrogen (secondary N) is 1. The quantitative estimate of drug-likeness (QED) is 0.818. The van der Waals surface area contributed by atoms with Crippen molar-refractivity contribution in [2.75, 3.05) is 6.54 Å². The molecule has 4 nitrogen and oxygen atoms in total. The highest BCUT2D eigenvalue weighted by Gasteiger charge is 2.17. The predicted octanol–water partition coefficient (Wildman–Crippen LogP) is 1.81. The van der Waals surface area contributed by atoms with E-state index in [9.17, 15) is 13.6 Å². The van der Waals surface area contributed by atoms with Crippen LogP contribution in [0.25, 0.3) is 0 Å². The minimum atomic E-state index is -2.89. The van der Waals surface area contributed by atoms with Gasteiger partial charge in [-0.1, -0.05) is 25.1 Å². The fourth-order valence-electron chi connectivity index (χ4n) is 1.62. The van der Waals surface area contributed by atoms with Gasteiger partial charge in [0, 0.05) is 5.56 Å². The van der Waals surface area contributed by atoms with Crippen LogP contribution in [0.4, 0.5) is 8.78 Å². The van der Waals surface area contributed by atoms with Crippen molar-refractivity contribution < 1.29 is 18.3 Å². The van der Waals surface area contributed by atoms with Crippen LogP contribution in [0.3, 0.4) is 0 Å². The molecule has 0 fully saturated rings. The lowest BCUT2D eigenvalue weighted by atomic mass is 10.0. The van der Waals surface area contributed by atoms with Crippen LogP contribution < -0.4 is 15.8 Å². The van der Waals surface area contributed by atoms with Crippen molar-refractivity contribution in [1.29, 1.82) is 0 Å². The summed E-state index contributed by atoms with van der Waals surface area (Å²) < 4.78 is 29.0. The third kappa shape index (κ3) is 3.96. The fourth-order valence-corrected chi connectivity index (χ4v) is 1.62. The number of hydrogen-bond acceptors (Lipinski definition) is 3. The molecule has 1 atom stereocenters. The number of halogens is 2. The Labute approximate surface area is 104 Å². The number of carbonyl (C=O) groups excluding carboxylic acids is 1. The van der Waals surface area contributed by atoms with Gasteiger partial charge in [0.15, 0.2) is 0 Å². The standard InChI is InChI=1S/C12H16F2N2O2/c1-2-9(16-11(17)7-15)8-5-3-4-6-10(8)18-12(13)14/h3-6,9,12H,2,7,15H2,1H3,(H,16,17). The zero-order valence-corrected chi connectivity index (χ0v) is 10.0. The zero-order chi connectivity index (χ0) is 13.5. The van der Waals surface area contributed by atoms with Crippen LogP contribution in [0.15, 0.2) is 24.3 Å². The maximum Gasteiger partial charge on any atom is 0.387 e. The minimum Gasteiger partial charge on any atom is -0.434 e. The Morgan fingerprint density at radius 1 is 1.44 bits per heavy atom. The lowest BCUT2D eigenvalue weighted by Gasteiger charge is -2.20. The number of ether oxygens (including phenoxy) is 1. The summed E-state index contributed by atoms with van der Waals surface area (Å²) in [6, 6.07) is 5.99. The number of amides is 1. The summed E-state index contributed by atoms with van der Waals surface area (Å²) in [6.07, 6.45) is 0.551. The molecule has 0 spiro atoms. The summed E-state index contributed by atoms with van der Waals surface area (Å²) >= 11 is 0. The number of alkyl halides is 2. The van der Waals surface area contributed by atoms with E-state index in [1.807, 2.05) is 6.92 Å². The van der Waals surface area contributed by atoms with Crippen molar-refractivity contribution in [2.45, 2.75) is 26.0 Å². The Balaban J connectivity index is 2.93. The van der Waals surface area contributed by atoms with Crippen molar-refractivity contribution in [3.05, 3.63) is 29.8 Å². The summed E-state index contributed by atoms with van der Waals surface area (Å²) in [6.45, 7) is -1.21. The average molecular weight is 258 g/mol. The van der Waals surface area contributed by atoms with Crippen molar-refractivity contribution >= 4 is 5.91 Å². The second-order valence-electron chi connectivity index (χ2n) is 3.65. The monoisotopic (exact) mass is 258 g/mol. The summed E-state index contributed by atoms with van der Waals surface area (Å²) in [4.78, 5) is 11.3. The maximum atomic E-state index is 12.3. The molecule has 0 saturated heterocycles. The van der Waals surface area contributed by atoms with Gasteiger partial charge in [-0.15, -0.1) is 0 Å². The number of hydrogen-bond donors (Lipinski definition) is 2. The summed E-state index contributed by atoms with van der Waals surface area (Å²) in [5.74, 6) is -0.273. The molecular formula is C12H16F2N2O2. The van der Waals surface area contributed by atoms with E-state index in [4.69, 9.17) is 5.73 Å². The zero-order valence-electron chi connectivity index (χ0n) is 10.0. The Morgan fingerprint density at radius 2 is 2.11 bits per heavy atom. The smallest absolute Gasteiger partial charge is 0.387 e. The van der Waals surface area contributed by atoms with Crippen LogP contribution >= 0.6 is 0 Å². The molecule has 0 bridgehead atoms. The van der Waals surface area contributed by atoms with Crippen molar-refractivity contribution in [3.8, 4) is 5.75 Å². The van der Waals surface area contributed by atoms with Gasteiger partial charge in [0.25, 0.3) is 0 Å². The van der Waals surface area contributed by atoms with E-state index < -0.39 is 12.7 Å².